The number of aliphatic hydroxyl groups excluding tert-OH is 6. The van der Waals surface area contributed by atoms with Gasteiger partial charge in [-0.15, -0.1) is 10.2 Å². The number of anilines is 1. The number of β-amino-alcohol motifs (C(OH)–C–C–N with tert-alkyl or cyclic N) is 1. The number of hydrogen-bond donors (Lipinski definition) is 14. The number of carbonyl (C=O) groups excluding carboxylic acids is 7. The van der Waals surface area contributed by atoms with Gasteiger partial charge in [-0.05, 0) is 86.1 Å². The summed E-state index contributed by atoms with van der Waals surface area (Å²) in [6.45, 7) is 2.83. The monoisotopic (exact) mass is 1290 g/mol. The number of aromatic nitrogens is 2. The smallest absolute Gasteiger partial charge is 0.251 e. The number of phenolic OH excluding ortho intramolecular Hbond substituents is 1. The van der Waals surface area contributed by atoms with Crippen LogP contribution < -0.4 is 52.4 Å². The number of rotatable bonds is 17. The first-order valence-electron chi connectivity index (χ1n) is 30.7. The molecule has 4 fully saturated rings. The van der Waals surface area contributed by atoms with Crippen molar-refractivity contribution in [2.75, 3.05) is 57.3 Å². The van der Waals surface area contributed by atoms with Crippen LogP contribution in [-0.2, 0) is 35.2 Å². The van der Waals surface area contributed by atoms with Crippen molar-refractivity contribution in [3.05, 3.63) is 108 Å². The Labute approximate surface area is 534 Å². The Morgan fingerprint density at radius 2 is 1.37 bits per heavy atom. The van der Waals surface area contributed by atoms with Crippen LogP contribution in [0.3, 0.4) is 0 Å². The number of carbonyl (C=O) groups is 7. The molecule has 9 rings (SSSR count). The molecule has 0 aliphatic carbocycles. The minimum absolute atomic E-state index is 0.00624. The first-order valence-corrected chi connectivity index (χ1v) is 31.5. The summed E-state index contributed by atoms with van der Waals surface area (Å²) >= 11 is 1.31. The lowest BCUT2D eigenvalue weighted by Gasteiger charge is -2.34. The van der Waals surface area contributed by atoms with E-state index in [0.717, 1.165) is 54.0 Å². The van der Waals surface area contributed by atoms with Gasteiger partial charge in [0.1, 0.15) is 64.7 Å². The quantitative estimate of drug-likeness (QED) is 0.0491. The van der Waals surface area contributed by atoms with Gasteiger partial charge in [-0.1, -0.05) is 54.7 Å². The number of piperidine rings is 1. The molecule has 28 nitrogen and oxygen atoms in total. The lowest BCUT2D eigenvalue weighted by Crippen LogP contribution is -2.64. The maximum absolute atomic E-state index is 14.7. The number of aliphatic hydroxyl groups is 6. The largest absolute Gasteiger partial charge is 0.504 e. The summed E-state index contributed by atoms with van der Waals surface area (Å²) in [7, 11) is 0. The van der Waals surface area contributed by atoms with E-state index in [2.05, 4.69) is 53.8 Å². The number of aromatic hydroxyl groups is 1. The number of phenols is 1. The van der Waals surface area contributed by atoms with E-state index in [4.69, 9.17) is 20.9 Å². The van der Waals surface area contributed by atoms with Crippen LogP contribution in [0.1, 0.15) is 61.9 Å². The number of amides is 7. The Hall–Kier alpha value is -8.39. The molecule has 0 bridgehead atoms. The van der Waals surface area contributed by atoms with Crippen molar-refractivity contribution in [3.8, 4) is 38.4 Å². The second-order valence-electron chi connectivity index (χ2n) is 23.7. The number of benzene rings is 4. The van der Waals surface area contributed by atoms with Gasteiger partial charge in [0, 0.05) is 99.7 Å². The molecule has 494 valence electrons. The first-order chi connectivity index (χ1) is 44.1. The van der Waals surface area contributed by atoms with Crippen molar-refractivity contribution < 1.29 is 78.8 Å². The second-order valence-corrected chi connectivity index (χ2v) is 24.6. The van der Waals surface area contributed by atoms with Crippen molar-refractivity contribution in [1.82, 2.24) is 46.6 Å². The predicted octanol–water partition coefficient (Wildman–Crippen LogP) is -1.74. The Bertz CT molecular complexity index is 3380. The molecule has 29 heteroatoms. The van der Waals surface area contributed by atoms with Gasteiger partial charge in [-0.2, -0.15) is 0 Å². The van der Waals surface area contributed by atoms with Gasteiger partial charge in [-0.3, -0.25) is 33.6 Å². The third-order valence-electron chi connectivity index (χ3n) is 16.8. The fourth-order valence-corrected chi connectivity index (χ4v) is 12.6. The SMILES string of the molecule is C[C@@H](O)[C@@H]1NC(=O)[C@@H](NC(=O)c2ccc(-c3nnc(-c4ccc(OC5CCN(c6ccccc6)CC5)cc4)s3)cc2)C[C@@H](O)CNC(=O)[C@@H]2[C@@H](O)[C@@H](C)CN2C(=O)[C@H]([C@H](O)CCN)NC(=O)[C@H]([C@H](O)Cc2ccc(O)c(OCCN)c2)NC(=O)[C@@H]2C[C@@H](O)CN2C1=O. The van der Waals surface area contributed by atoms with Crippen molar-refractivity contribution in [2.45, 2.75) is 131 Å². The molecule has 7 amide bonds. The van der Waals surface area contributed by atoms with Crippen LogP contribution in [0.15, 0.2) is 97.1 Å². The standard InChI is InChI=1S/C63H80N12O16S/c1-33-31-75-53(54(33)82)59(87)66-30-40(77)28-44(67-55(83)36-9-11-37(12-10-36)60-71-72-61(92-60)38-13-15-42(16-14-38)91-43-19-23-73(24-20-43)39-6-4-3-5-7-39)56(84)68-50(34(2)76)62(88)74-32-41(78)29-45(74)57(85)69-51(58(86)70-52(63(75)89)47(80)18-21-64)48(81)26-35-8-17-46(79)49(27-35)90-25-22-65/h3-17,27,33-34,40-41,43-45,47-48,50-54,76-82H,18-26,28-32,64-65H2,1-2H3,(H,66,87)(H,67,83)(H,68,84)(H,69,85)(H,70,86)/t33-,34+,40+,41+,44-,45-,47+,48+,50-,51-,52-,53-,54-/m0/s1. The average Bonchev–Trinajstić information content (AvgIpc) is 1.69. The zero-order chi connectivity index (χ0) is 65.9. The summed E-state index contributed by atoms with van der Waals surface area (Å²) in [5.74, 6) is -7.93. The van der Waals surface area contributed by atoms with E-state index in [1.54, 1.807) is 12.1 Å². The number of hydrogen-bond acceptors (Lipinski definition) is 22. The van der Waals surface area contributed by atoms with Crippen LogP contribution in [0.25, 0.3) is 21.1 Å². The van der Waals surface area contributed by atoms with Crippen molar-refractivity contribution >= 4 is 58.4 Å². The minimum atomic E-state index is -2.04. The Kier molecular flexibility index (Phi) is 22.8. The highest BCUT2D eigenvalue weighted by Crippen LogP contribution is 2.33. The number of nitrogens with one attached hydrogen (secondary N) is 5. The van der Waals surface area contributed by atoms with E-state index >= 15 is 0 Å². The van der Waals surface area contributed by atoms with E-state index in [0.29, 0.717) is 15.6 Å². The molecule has 5 aromatic rings. The van der Waals surface area contributed by atoms with Gasteiger partial charge in [0.2, 0.25) is 35.4 Å². The zero-order valence-corrected chi connectivity index (χ0v) is 51.6. The van der Waals surface area contributed by atoms with Gasteiger partial charge in [0.15, 0.2) is 11.5 Å². The zero-order valence-electron chi connectivity index (χ0n) is 50.8. The van der Waals surface area contributed by atoms with Gasteiger partial charge < -0.3 is 98.0 Å². The Morgan fingerprint density at radius 3 is 2.02 bits per heavy atom. The van der Waals surface area contributed by atoms with Gasteiger partial charge in [-0.25, -0.2) is 0 Å². The van der Waals surface area contributed by atoms with Gasteiger partial charge in [0.25, 0.3) is 5.91 Å². The van der Waals surface area contributed by atoms with Crippen molar-refractivity contribution in [3.63, 3.8) is 0 Å². The first kappa shape index (κ1) is 68.0. The summed E-state index contributed by atoms with van der Waals surface area (Å²) in [6, 6.07) is 17.1. The van der Waals surface area contributed by atoms with E-state index in [-0.39, 0.29) is 61.4 Å². The van der Waals surface area contributed by atoms with Crippen LogP contribution in [-0.4, -0.2) is 228 Å². The Balaban J connectivity index is 0.948. The molecule has 4 aliphatic heterocycles. The third-order valence-corrected chi connectivity index (χ3v) is 17.9. The molecule has 0 saturated carbocycles. The molecule has 0 radical (unpaired) electrons. The molecule has 4 aromatic carbocycles. The van der Waals surface area contributed by atoms with Crippen molar-refractivity contribution in [1.29, 1.82) is 0 Å². The fourth-order valence-electron chi connectivity index (χ4n) is 11.8. The highest BCUT2D eigenvalue weighted by molar-refractivity contribution is 7.17. The molecule has 0 spiro atoms. The summed E-state index contributed by atoms with van der Waals surface area (Å²) in [5.41, 5.74) is 14.3. The summed E-state index contributed by atoms with van der Waals surface area (Å²) in [5, 5.41) is 101. The number of nitrogens with zero attached hydrogens (tertiary/aromatic N) is 5. The van der Waals surface area contributed by atoms with Crippen LogP contribution in [0.5, 0.6) is 17.2 Å². The van der Waals surface area contributed by atoms with Crippen LogP contribution in [0.2, 0.25) is 0 Å². The van der Waals surface area contributed by atoms with Crippen molar-refractivity contribution in [2.24, 2.45) is 17.4 Å². The molecular formula is C63H80N12O16S. The molecule has 4 aliphatic rings. The molecule has 92 heavy (non-hydrogen) atoms. The molecule has 0 unspecified atom stereocenters. The molecule has 5 heterocycles. The van der Waals surface area contributed by atoms with Crippen LogP contribution >= 0.6 is 11.3 Å². The number of fused-ring (bicyclic) bond motifs is 2. The fraction of sp³-hybridized carbons (Fsp3) is 0.476. The topological polar surface area (TPSA) is 427 Å². The normalized spacial score (nSPS) is 25.9. The highest BCUT2D eigenvalue weighted by Gasteiger charge is 2.50. The van der Waals surface area contributed by atoms with E-state index in [1.807, 2.05) is 42.5 Å². The Morgan fingerprint density at radius 1 is 0.728 bits per heavy atom. The second kappa shape index (κ2) is 30.8. The van der Waals surface area contributed by atoms with E-state index in [1.165, 1.54) is 54.3 Å². The maximum Gasteiger partial charge on any atom is 0.251 e. The molecule has 1 aromatic heterocycles. The third kappa shape index (κ3) is 16.4. The molecule has 13 atom stereocenters. The number of ether oxygens (including phenoxy) is 2. The van der Waals surface area contributed by atoms with Crippen LogP contribution in [0.4, 0.5) is 5.69 Å². The summed E-state index contributed by atoms with van der Waals surface area (Å²) < 4.78 is 11.9. The maximum atomic E-state index is 14.7. The summed E-state index contributed by atoms with van der Waals surface area (Å²) in [4.78, 5) is 106. The predicted molar refractivity (Wildman–Crippen MR) is 334 cm³/mol. The number of para-hydroxylation sites is 1. The minimum Gasteiger partial charge on any atom is -0.504 e. The summed E-state index contributed by atoms with van der Waals surface area (Å²) in [6.07, 6.45) is -10.0. The lowest BCUT2D eigenvalue weighted by atomic mass is 9.98. The number of nitrogens with two attached hydrogens (primary N) is 2. The highest BCUT2D eigenvalue weighted by atomic mass is 32.1. The molecule has 16 N–H and O–H groups in total. The van der Waals surface area contributed by atoms with Gasteiger partial charge >= 0.3 is 0 Å². The average molecular weight is 1290 g/mol. The molecular weight excluding hydrogens is 1210 g/mol. The van der Waals surface area contributed by atoms with E-state index < -0.39 is 152 Å². The lowest BCUT2D eigenvalue weighted by molar-refractivity contribution is -0.147. The van der Waals surface area contributed by atoms with Crippen LogP contribution in [0, 0.1) is 5.92 Å². The van der Waals surface area contributed by atoms with E-state index in [9.17, 15) is 69.3 Å². The molecule has 4 saturated heterocycles. The van der Waals surface area contributed by atoms with Gasteiger partial charge in [0.05, 0.1) is 36.6 Å².